The molecule has 1 fully saturated rings. The quantitative estimate of drug-likeness (QED) is 0.719. The van der Waals surface area contributed by atoms with Crippen LogP contribution < -0.4 is 0 Å². The van der Waals surface area contributed by atoms with Crippen LogP contribution in [0.3, 0.4) is 0 Å². The van der Waals surface area contributed by atoms with Gasteiger partial charge in [0.15, 0.2) is 0 Å². The van der Waals surface area contributed by atoms with Crippen LogP contribution in [0.4, 0.5) is 0 Å². The molecule has 1 aliphatic heterocycles. The third-order valence-electron chi connectivity index (χ3n) is 4.74. The maximum Gasteiger partial charge on any atom is 0.254 e. The molecule has 6 heteroatoms. The van der Waals surface area contributed by atoms with E-state index in [1.54, 1.807) is 12.0 Å². The summed E-state index contributed by atoms with van der Waals surface area (Å²) in [7, 11) is 1.64. The molecule has 1 amide bonds. The molecule has 0 aromatic heterocycles. The summed E-state index contributed by atoms with van der Waals surface area (Å²) in [5.41, 5.74) is 0.673. The topological polar surface area (TPSA) is 62.2 Å². The highest BCUT2D eigenvalue weighted by molar-refractivity contribution is 5.94. The average molecular weight is 364 g/mol. The van der Waals surface area contributed by atoms with E-state index in [0.717, 1.165) is 13.1 Å². The van der Waals surface area contributed by atoms with Crippen molar-refractivity contribution in [2.45, 2.75) is 26.1 Å². The molecule has 2 atom stereocenters. The summed E-state index contributed by atoms with van der Waals surface area (Å²) < 4.78 is 11.1. The van der Waals surface area contributed by atoms with Crippen LogP contribution in [0.2, 0.25) is 0 Å². The smallest absolute Gasteiger partial charge is 0.254 e. The Labute approximate surface area is 156 Å². The number of carbonyl (C=O) groups excluding carboxylic acids is 1. The van der Waals surface area contributed by atoms with E-state index in [4.69, 9.17) is 9.47 Å². The predicted octanol–water partition coefficient (Wildman–Crippen LogP) is 1.49. The summed E-state index contributed by atoms with van der Waals surface area (Å²) in [6.45, 7) is 8.36. The number of benzene rings is 1. The van der Waals surface area contributed by atoms with E-state index in [1.165, 1.54) is 0 Å². The molecule has 0 aliphatic carbocycles. The number of β-amino-alcohol motifs (C(OH)–C–C–N with tert-alkyl or cyclic N) is 1. The fraction of sp³-hybridized carbons (Fsp3) is 0.650. The first-order valence-corrected chi connectivity index (χ1v) is 9.36. The number of hydrogen-bond acceptors (Lipinski definition) is 5. The first-order valence-electron chi connectivity index (χ1n) is 9.36. The van der Waals surface area contributed by atoms with E-state index in [1.807, 2.05) is 44.2 Å². The lowest BCUT2D eigenvalue weighted by atomic mass is 10.1. The Hall–Kier alpha value is -1.47. The lowest BCUT2D eigenvalue weighted by Gasteiger charge is -2.37. The van der Waals surface area contributed by atoms with Crippen LogP contribution in [0, 0.1) is 5.92 Å². The van der Waals surface area contributed by atoms with Crippen molar-refractivity contribution in [2.24, 2.45) is 5.92 Å². The number of amides is 1. The average Bonchev–Trinajstić information content (AvgIpc) is 2.65. The highest BCUT2D eigenvalue weighted by atomic mass is 16.5. The minimum Gasteiger partial charge on any atom is -0.392 e. The molecule has 1 aliphatic rings. The monoisotopic (exact) mass is 364 g/mol. The second-order valence-corrected chi connectivity index (χ2v) is 7.17. The molecule has 0 radical (unpaired) electrons. The highest BCUT2D eigenvalue weighted by Crippen LogP contribution is 2.12. The zero-order valence-electron chi connectivity index (χ0n) is 16.1. The van der Waals surface area contributed by atoms with Gasteiger partial charge in [-0.15, -0.1) is 0 Å². The van der Waals surface area contributed by atoms with Gasteiger partial charge in [-0.1, -0.05) is 32.0 Å². The van der Waals surface area contributed by atoms with Gasteiger partial charge in [0, 0.05) is 45.4 Å². The molecule has 1 aromatic rings. The predicted molar refractivity (Wildman–Crippen MR) is 101 cm³/mol. The summed E-state index contributed by atoms with van der Waals surface area (Å²) in [4.78, 5) is 16.9. The molecule has 0 unspecified atom stereocenters. The molecule has 1 saturated heterocycles. The molecule has 0 saturated carbocycles. The maximum absolute atomic E-state index is 12.8. The number of hydrogen-bond donors (Lipinski definition) is 1. The molecular weight excluding hydrogens is 332 g/mol. The van der Waals surface area contributed by atoms with Crippen LogP contribution in [-0.2, 0) is 9.47 Å². The van der Waals surface area contributed by atoms with Gasteiger partial charge in [-0.2, -0.15) is 0 Å². The number of carbonyl (C=O) groups is 1. The highest BCUT2D eigenvalue weighted by Gasteiger charge is 2.27. The molecule has 0 bridgehead atoms. The maximum atomic E-state index is 12.8. The van der Waals surface area contributed by atoms with Gasteiger partial charge in [0.05, 0.1) is 25.4 Å². The van der Waals surface area contributed by atoms with E-state index in [2.05, 4.69) is 4.90 Å². The zero-order valence-corrected chi connectivity index (χ0v) is 16.1. The van der Waals surface area contributed by atoms with Crippen molar-refractivity contribution >= 4 is 5.91 Å². The van der Waals surface area contributed by atoms with Gasteiger partial charge >= 0.3 is 0 Å². The van der Waals surface area contributed by atoms with Gasteiger partial charge in [0.2, 0.25) is 0 Å². The molecule has 1 heterocycles. The van der Waals surface area contributed by atoms with Crippen molar-refractivity contribution < 1.29 is 19.4 Å². The van der Waals surface area contributed by atoms with Crippen molar-refractivity contribution in [3.63, 3.8) is 0 Å². The normalized spacial score (nSPS) is 19.5. The number of methoxy groups -OCH3 is 1. The molecule has 6 nitrogen and oxygen atoms in total. The van der Waals surface area contributed by atoms with E-state index in [9.17, 15) is 9.90 Å². The summed E-state index contributed by atoms with van der Waals surface area (Å²) in [6, 6.07) is 9.30. The Morgan fingerprint density at radius 3 is 2.77 bits per heavy atom. The standard InChI is InChI=1S/C20H32N2O4/c1-16(2)19(23)15-21-9-12-26-18(13-21)14-22(10-11-25-3)20(24)17-7-5-4-6-8-17/h4-8,16,18-19,23H,9-15H2,1-3H3/t18-,19-/m0/s1. The summed E-state index contributed by atoms with van der Waals surface area (Å²) in [5.74, 6) is 0.222. The van der Waals surface area contributed by atoms with Gasteiger partial charge in [0.1, 0.15) is 0 Å². The fourth-order valence-electron chi connectivity index (χ4n) is 3.02. The van der Waals surface area contributed by atoms with Gasteiger partial charge in [0.25, 0.3) is 5.91 Å². The largest absolute Gasteiger partial charge is 0.392 e. The van der Waals surface area contributed by atoms with Gasteiger partial charge in [-0.25, -0.2) is 0 Å². The second kappa shape index (κ2) is 10.6. The Balaban J connectivity index is 1.97. The lowest BCUT2D eigenvalue weighted by molar-refractivity contribution is -0.0551. The van der Waals surface area contributed by atoms with E-state index in [0.29, 0.717) is 38.4 Å². The van der Waals surface area contributed by atoms with Crippen molar-refractivity contribution in [3.8, 4) is 0 Å². The number of morpholine rings is 1. The van der Waals surface area contributed by atoms with Crippen LogP contribution in [0.1, 0.15) is 24.2 Å². The number of aliphatic hydroxyl groups excluding tert-OH is 1. The van der Waals surface area contributed by atoms with Gasteiger partial charge in [-0.3, -0.25) is 9.69 Å². The third kappa shape index (κ3) is 6.36. The molecule has 146 valence electrons. The molecule has 1 N–H and O–H groups in total. The number of rotatable bonds is 9. The Kier molecular flexibility index (Phi) is 8.51. The third-order valence-corrected chi connectivity index (χ3v) is 4.74. The molecule has 0 spiro atoms. The Bertz CT molecular complexity index is 538. The molecule has 26 heavy (non-hydrogen) atoms. The Morgan fingerprint density at radius 2 is 2.12 bits per heavy atom. The number of ether oxygens (including phenoxy) is 2. The number of nitrogens with zero attached hydrogens (tertiary/aromatic N) is 2. The first kappa shape index (κ1) is 20.8. The molecular formula is C20H32N2O4. The number of aliphatic hydroxyl groups is 1. The van der Waals surface area contributed by atoms with E-state index >= 15 is 0 Å². The van der Waals surface area contributed by atoms with Gasteiger partial charge in [-0.05, 0) is 18.1 Å². The Morgan fingerprint density at radius 1 is 1.38 bits per heavy atom. The molecule has 2 rings (SSSR count). The SMILES string of the molecule is COCCN(C[C@@H]1CN(C[C@H](O)C(C)C)CCO1)C(=O)c1ccccc1. The zero-order chi connectivity index (χ0) is 18.9. The van der Waals surface area contributed by atoms with Crippen molar-refractivity contribution in [3.05, 3.63) is 35.9 Å². The van der Waals surface area contributed by atoms with Crippen molar-refractivity contribution in [1.82, 2.24) is 9.80 Å². The minimum atomic E-state index is -0.343. The summed E-state index contributed by atoms with van der Waals surface area (Å²) >= 11 is 0. The summed E-state index contributed by atoms with van der Waals surface area (Å²) in [5, 5.41) is 10.1. The second-order valence-electron chi connectivity index (χ2n) is 7.17. The minimum absolute atomic E-state index is 0.00871. The van der Waals surface area contributed by atoms with Crippen LogP contribution in [0.25, 0.3) is 0 Å². The van der Waals surface area contributed by atoms with Crippen LogP contribution in [-0.4, -0.2) is 86.1 Å². The first-order chi connectivity index (χ1) is 12.5. The van der Waals surface area contributed by atoms with Crippen LogP contribution in [0.15, 0.2) is 30.3 Å². The van der Waals surface area contributed by atoms with E-state index < -0.39 is 0 Å². The van der Waals surface area contributed by atoms with Crippen LogP contribution in [0.5, 0.6) is 0 Å². The molecule has 1 aromatic carbocycles. The lowest BCUT2D eigenvalue weighted by Crippen LogP contribution is -2.51. The van der Waals surface area contributed by atoms with Gasteiger partial charge < -0.3 is 19.5 Å². The fourth-order valence-corrected chi connectivity index (χ4v) is 3.02. The van der Waals surface area contributed by atoms with E-state index in [-0.39, 0.29) is 24.0 Å². The summed E-state index contributed by atoms with van der Waals surface area (Å²) in [6.07, 6.45) is -0.406. The van der Waals surface area contributed by atoms with Crippen LogP contribution >= 0.6 is 0 Å². The van der Waals surface area contributed by atoms with Crippen molar-refractivity contribution in [2.75, 3.05) is 53.0 Å². The van der Waals surface area contributed by atoms with Crippen molar-refractivity contribution in [1.29, 1.82) is 0 Å².